The summed E-state index contributed by atoms with van der Waals surface area (Å²) in [4.78, 5) is 17.4. The first-order valence-electron chi connectivity index (χ1n) is 9.16. The van der Waals surface area contributed by atoms with Crippen LogP contribution >= 0.6 is 0 Å². The Balaban J connectivity index is 1.98. The summed E-state index contributed by atoms with van der Waals surface area (Å²) in [6.45, 7) is 10.5. The smallest absolute Gasteiger partial charge is 0.322 e. The van der Waals surface area contributed by atoms with Gasteiger partial charge in [-0.2, -0.15) is 0 Å². The molecule has 2 unspecified atom stereocenters. The number of nitrogens with zero attached hydrogens (tertiary/aromatic N) is 1. The Morgan fingerprint density at radius 1 is 1.16 bits per heavy atom. The molecule has 1 aromatic rings. The molecule has 5 nitrogen and oxygen atoms in total. The Kier molecular flexibility index (Phi) is 4.58. The predicted octanol–water partition coefficient (Wildman–Crippen LogP) is 4.20. The average molecular weight is 347 g/mol. The van der Waals surface area contributed by atoms with Crippen molar-refractivity contribution in [1.29, 1.82) is 0 Å². The summed E-state index contributed by atoms with van der Waals surface area (Å²) in [6.07, 6.45) is 2.94. The molecule has 0 bridgehead atoms. The fourth-order valence-electron chi connectivity index (χ4n) is 4.24. The van der Waals surface area contributed by atoms with Crippen molar-refractivity contribution >= 4 is 5.97 Å². The van der Waals surface area contributed by atoms with Crippen molar-refractivity contribution in [1.82, 2.24) is 5.06 Å². The summed E-state index contributed by atoms with van der Waals surface area (Å²) >= 11 is 0. The lowest BCUT2D eigenvalue weighted by Gasteiger charge is -2.59. The first-order chi connectivity index (χ1) is 11.8. The normalized spacial score (nSPS) is 35.1. The Morgan fingerprint density at radius 3 is 2.32 bits per heavy atom. The second-order valence-electron chi connectivity index (χ2n) is 7.84. The van der Waals surface area contributed by atoms with E-state index in [4.69, 9.17) is 14.3 Å². The molecule has 0 amide bonds. The zero-order chi connectivity index (χ0) is 18.3. The van der Waals surface area contributed by atoms with Gasteiger partial charge in [0.1, 0.15) is 5.75 Å². The number of hydrogen-bond donors (Lipinski definition) is 0. The molecule has 1 spiro atoms. The summed E-state index contributed by atoms with van der Waals surface area (Å²) in [7, 11) is 0. The number of benzene rings is 1. The van der Waals surface area contributed by atoms with Crippen LogP contribution in [0.3, 0.4) is 0 Å². The number of rotatable bonds is 3. The van der Waals surface area contributed by atoms with Crippen LogP contribution in [0, 0.1) is 0 Å². The molecule has 0 N–H and O–H groups in total. The Labute approximate surface area is 150 Å². The first kappa shape index (κ1) is 18.2. The lowest BCUT2D eigenvalue weighted by molar-refractivity contribution is -0.339. The van der Waals surface area contributed by atoms with Crippen molar-refractivity contribution < 1.29 is 19.1 Å². The highest BCUT2D eigenvalue weighted by molar-refractivity contribution is 5.65. The number of carbonyl (C=O) groups is 1. The number of carbonyl (C=O) groups excluding carboxylic acids is 1. The van der Waals surface area contributed by atoms with E-state index in [9.17, 15) is 4.79 Å². The van der Waals surface area contributed by atoms with Crippen LogP contribution in [0.15, 0.2) is 24.3 Å². The summed E-state index contributed by atoms with van der Waals surface area (Å²) in [5, 5.41) is 1.90. The van der Waals surface area contributed by atoms with Gasteiger partial charge in [0.15, 0.2) is 0 Å². The van der Waals surface area contributed by atoms with E-state index in [-0.39, 0.29) is 17.0 Å². The van der Waals surface area contributed by atoms with Crippen molar-refractivity contribution in [2.75, 3.05) is 0 Å². The van der Waals surface area contributed by atoms with Gasteiger partial charge in [-0.1, -0.05) is 32.0 Å². The minimum Gasteiger partial charge on any atom is -0.462 e. The van der Waals surface area contributed by atoms with Crippen molar-refractivity contribution in [3.63, 3.8) is 0 Å². The topological polar surface area (TPSA) is 48.0 Å². The fraction of sp³-hybridized carbons (Fsp3) is 0.650. The third kappa shape index (κ3) is 3.15. The van der Waals surface area contributed by atoms with E-state index in [1.165, 1.54) is 6.92 Å². The minimum atomic E-state index is -0.694. The van der Waals surface area contributed by atoms with Gasteiger partial charge in [-0.05, 0) is 32.8 Å². The van der Waals surface area contributed by atoms with Crippen LogP contribution in [0.5, 0.6) is 5.75 Å². The molecule has 0 aromatic heterocycles. The van der Waals surface area contributed by atoms with Crippen molar-refractivity contribution in [2.45, 2.75) is 83.8 Å². The predicted molar refractivity (Wildman–Crippen MR) is 94.8 cm³/mol. The zero-order valence-electron chi connectivity index (χ0n) is 15.9. The molecule has 1 saturated heterocycles. The molecule has 1 aromatic carbocycles. The number of fused-ring (bicyclic) bond motifs is 1. The molecule has 2 heterocycles. The number of hydrogen-bond acceptors (Lipinski definition) is 5. The number of para-hydroxylation sites is 1. The molecular weight excluding hydrogens is 318 g/mol. The summed E-state index contributed by atoms with van der Waals surface area (Å²) in [5.74, 6) is -0.0849. The van der Waals surface area contributed by atoms with Gasteiger partial charge in [0.05, 0.1) is 17.7 Å². The molecule has 2 atom stereocenters. The first-order valence-corrected chi connectivity index (χ1v) is 9.16. The van der Waals surface area contributed by atoms with Gasteiger partial charge >= 0.3 is 5.97 Å². The fourth-order valence-corrected chi connectivity index (χ4v) is 4.24. The second kappa shape index (κ2) is 6.29. The van der Waals surface area contributed by atoms with E-state index >= 15 is 0 Å². The molecule has 2 aliphatic rings. The molecule has 25 heavy (non-hydrogen) atoms. The van der Waals surface area contributed by atoms with Gasteiger partial charge < -0.3 is 14.3 Å². The summed E-state index contributed by atoms with van der Waals surface area (Å²) < 4.78 is 12.7. The van der Waals surface area contributed by atoms with Crippen LogP contribution in [0.2, 0.25) is 0 Å². The maximum Gasteiger partial charge on any atom is 0.322 e. The van der Waals surface area contributed by atoms with E-state index in [1.54, 1.807) is 0 Å². The van der Waals surface area contributed by atoms with Crippen LogP contribution in [0.4, 0.5) is 0 Å². The highest BCUT2D eigenvalue weighted by Crippen LogP contribution is 2.51. The van der Waals surface area contributed by atoms with Gasteiger partial charge in [-0.15, -0.1) is 5.06 Å². The number of ether oxygens (including phenoxy) is 2. The van der Waals surface area contributed by atoms with E-state index in [1.807, 2.05) is 29.3 Å². The molecule has 0 saturated carbocycles. The quantitative estimate of drug-likeness (QED) is 0.820. The maximum absolute atomic E-state index is 11.7. The summed E-state index contributed by atoms with van der Waals surface area (Å²) in [5.41, 5.74) is 0.356. The molecule has 1 fully saturated rings. The van der Waals surface area contributed by atoms with Crippen LogP contribution in [0.1, 0.15) is 65.9 Å². The van der Waals surface area contributed by atoms with Crippen molar-refractivity contribution in [3.8, 4) is 5.75 Å². The molecule has 3 rings (SSSR count). The zero-order valence-corrected chi connectivity index (χ0v) is 15.9. The third-order valence-corrected chi connectivity index (χ3v) is 5.78. The molecule has 138 valence electrons. The van der Waals surface area contributed by atoms with E-state index in [0.717, 1.165) is 24.2 Å². The third-order valence-electron chi connectivity index (χ3n) is 5.78. The number of piperidine rings is 1. The number of hydroxylamine groups is 2. The standard InChI is InChI=1S/C20H29NO4/c1-6-18(4)13-20(14-19(5,7-2)21(18)25-15(3)22)23-12-16-10-8-9-11-17(16)24-20/h8-11H,6-7,12-14H2,1-5H3. The monoisotopic (exact) mass is 347 g/mol. The Hall–Kier alpha value is -1.59. The lowest BCUT2D eigenvalue weighted by Crippen LogP contribution is -2.69. The van der Waals surface area contributed by atoms with Crippen LogP contribution < -0.4 is 4.74 Å². The Morgan fingerprint density at radius 2 is 1.76 bits per heavy atom. The van der Waals surface area contributed by atoms with E-state index in [2.05, 4.69) is 27.7 Å². The highest BCUT2D eigenvalue weighted by Gasteiger charge is 2.59. The molecular formula is C20H29NO4. The summed E-state index contributed by atoms with van der Waals surface area (Å²) in [6, 6.07) is 8.03. The maximum atomic E-state index is 11.7. The largest absolute Gasteiger partial charge is 0.462 e. The van der Waals surface area contributed by atoms with E-state index < -0.39 is 5.79 Å². The van der Waals surface area contributed by atoms with Crippen LogP contribution in [-0.2, 0) is 21.0 Å². The van der Waals surface area contributed by atoms with Gasteiger partial charge in [0.25, 0.3) is 0 Å². The second-order valence-corrected chi connectivity index (χ2v) is 7.84. The molecule has 0 radical (unpaired) electrons. The van der Waals surface area contributed by atoms with Gasteiger partial charge in [-0.3, -0.25) is 4.79 Å². The van der Waals surface area contributed by atoms with Crippen molar-refractivity contribution in [2.24, 2.45) is 0 Å². The van der Waals surface area contributed by atoms with Crippen LogP contribution in [-0.4, -0.2) is 27.9 Å². The average Bonchev–Trinajstić information content (AvgIpc) is 2.58. The minimum absolute atomic E-state index is 0.286. The van der Waals surface area contributed by atoms with Crippen LogP contribution in [0.25, 0.3) is 0 Å². The van der Waals surface area contributed by atoms with Gasteiger partial charge in [-0.25, -0.2) is 0 Å². The van der Waals surface area contributed by atoms with Crippen molar-refractivity contribution in [3.05, 3.63) is 29.8 Å². The molecule has 0 aliphatic carbocycles. The highest BCUT2D eigenvalue weighted by atomic mass is 16.7. The SMILES string of the molecule is CCC1(C)CC2(CC(C)(CC)N1OC(C)=O)OCc1ccccc1O2. The Bertz CT molecular complexity index is 641. The van der Waals surface area contributed by atoms with Gasteiger partial charge in [0, 0.05) is 25.3 Å². The molecule has 5 heteroatoms. The van der Waals surface area contributed by atoms with E-state index in [0.29, 0.717) is 19.4 Å². The molecule has 2 aliphatic heterocycles. The lowest BCUT2D eigenvalue weighted by atomic mass is 9.73. The van der Waals surface area contributed by atoms with Gasteiger partial charge in [0.2, 0.25) is 5.79 Å².